The molecule has 2 atom stereocenters. The molecular weight excluding hydrogens is 255 g/mol. The zero-order valence-corrected chi connectivity index (χ0v) is 9.72. The van der Waals surface area contributed by atoms with Gasteiger partial charge in [0.05, 0.1) is 0 Å². The number of ether oxygens (including phenoxy) is 1. The summed E-state index contributed by atoms with van der Waals surface area (Å²) >= 11 is 0.424. The van der Waals surface area contributed by atoms with Gasteiger partial charge in [-0.05, 0) is 25.7 Å². The van der Waals surface area contributed by atoms with Crippen molar-refractivity contribution in [3.63, 3.8) is 0 Å². The molecule has 8 heteroatoms. The molecule has 2 rings (SSSR count). The lowest BCUT2D eigenvalue weighted by atomic mass is 9.94. The summed E-state index contributed by atoms with van der Waals surface area (Å²) in [7, 11) is 0. The first-order valence-electron chi connectivity index (χ1n) is 5.28. The largest absolute Gasteiger partial charge is 0.466 e. The highest BCUT2D eigenvalue weighted by atomic mass is 32.1. The number of rotatable bonds is 2. The molecule has 1 heterocycles. The topological polar surface area (TPSA) is 61.0 Å². The molecule has 0 aromatic carbocycles. The van der Waals surface area contributed by atoms with Crippen LogP contribution in [-0.4, -0.2) is 22.3 Å². The van der Waals surface area contributed by atoms with Crippen molar-refractivity contribution in [3.8, 4) is 5.19 Å². The van der Waals surface area contributed by atoms with E-state index < -0.39 is 11.2 Å². The lowest BCUT2D eigenvalue weighted by molar-refractivity contribution is -0.138. The molecule has 1 saturated carbocycles. The van der Waals surface area contributed by atoms with Crippen molar-refractivity contribution < 1.29 is 17.9 Å². The molecule has 2 unspecified atom stereocenters. The van der Waals surface area contributed by atoms with E-state index in [-0.39, 0.29) is 17.3 Å². The third-order valence-electron chi connectivity index (χ3n) is 2.58. The first-order valence-corrected chi connectivity index (χ1v) is 6.10. The fourth-order valence-corrected chi connectivity index (χ4v) is 2.43. The summed E-state index contributed by atoms with van der Waals surface area (Å²) in [6, 6.07) is 0.0590. The first-order chi connectivity index (χ1) is 7.95. The molecular formula is C9H12F3N3OS. The predicted molar refractivity (Wildman–Crippen MR) is 55.8 cm³/mol. The number of aromatic nitrogens is 2. The number of hydrogen-bond donors (Lipinski definition) is 1. The molecule has 0 aliphatic heterocycles. The average molecular weight is 267 g/mol. The van der Waals surface area contributed by atoms with E-state index in [1.54, 1.807) is 0 Å². The van der Waals surface area contributed by atoms with E-state index in [9.17, 15) is 13.2 Å². The SMILES string of the molecule is NC1CCCC(Oc2nnc(C(F)(F)F)s2)C1. The summed E-state index contributed by atoms with van der Waals surface area (Å²) in [5.41, 5.74) is 5.76. The average Bonchev–Trinajstić information content (AvgIpc) is 2.65. The maximum atomic E-state index is 12.3. The number of nitrogens with two attached hydrogens (primary N) is 1. The quantitative estimate of drug-likeness (QED) is 0.892. The van der Waals surface area contributed by atoms with Crippen LogP contribution < -0.4 is 10.5 Å². The van der Waals surface area contributed by atoms with Gasteiger partial charge in [0.2, 0.25) is 5.01 Å². The zero-order chi connectivity index (χ0) is 12.5. The van der Waals surface area contributed by atoms with Crippen LogP contribution in [0.2, 0.25) is 0 Å². The fourth-order valence-electron chi connectivity index (χ4n) is 1.80. The van der Waals surface area contributed by atoms with Gasteiger partial charge in [0.15, 0.2) is 0 Å². The van der Waals surface area contributed by atoms with Crippen LogP contribution in [0.4, 0.5) is 13.2 Å². The van der Waals surface area contributed by atoms with Crippen LogP contribution in [-0.2, 0) is 6.18 Å². The Hall–Kier alpha value is -0.890. The van der Waals surface area contributed by atoms with Crippen molar-refractivity contribution in [2.24, 2.45) is 5.73 Å². The number of hydrogen-bond acceptors (Lipinski definition) is 5. The van der Waals surface area contributed by atoms with Crippen molar-refractivity contribution in [3.05, 3.63) is 5.01 Å². The number of halogens is 3. The smallest absolute Gasteiger partial charge is 0.445 e. The summed E-state index contributed by atoms with van der Waals surface area (Å²) < 4.78 is 42.2. The number of alkyl halides is 3. The third kappa shape index (κ3) is 3.29. The van der Waals surface area contributed by atoms with Crippen LogP contribution in [0, 0.1) is 0 Å². The molecule has 1 aromatic rings. The van der Waals surface area contributed by atoms with Crippen molar-refractivity contribution in [1.82, 2.24) is 10.2 Å². The second-order valence-electron chi connectivity index (χ2n) is 4.04. The molecule has 1 aliphatic carbocycles. The lowest BCUT2D eigenvalue weighted by Crippen LogP contribution is -2.33. The van der Waals surface area contributed by atoms with Gasteiger partial charge in [-0.2, -0.15) is 13.2 Å². The first kappa shape index (κ1) is 12.6. The van der Waals surface area contributed by atoms with Gasteiger partial charge in [-0.1, -0.05) is 16.4 Å². The Kier molecular flexibility index (Phi) is 3.53. The van der Waals surface area contributed by atoms with Crippen LogP contribution in [0.15, 0.2) is 0 Å². The van der Waals surface area contributed by atoms with Crippen molar-refractivity contribution in [1.29, 1.82) is 0 Å². The van der Waals surface area contributed by atoms with Gasteiger partial charge in [0.1, 0.15) is 6.10 Å². The van der Waals surface area contributed by atoms with Crippen molar-refractivity contribution in [2.45, 2.75) is 44.0 Å². The molecule has 17 heavy (non-hydrogen) atoms. The standard InChI is InChI=1S/C9H12F3N3OS/c10-9(11,12)7-14-15-8(17-7)16-6-3-1-2-5(13)4-6/h5-6H,1-4,13H2. The Bertz CT molecular complexity index is 382. The van der Waals surface area contributed by atoms with E-state index in [1.165, 1.54) is 0 Å². The summed E-state index contributed by atoms with van der Waals surface area (Å²) in [5, 5.41) is 5.44. The van der Waals surface area contributed by atoms with E-state index in [2.05, 4.69) is 10.2 Å². The molecule has 96 valence electrons. The maximum Gasteiger partial charge on any atom is 0.445 e. The Morgan fingerprint density at radius 1 is 1.29 bits per heavy atom. The van der Waals surface area contributed by atoms with Gasteiger partial charge in [-0.15, -0.1) is 5.10 Å². The molecule has 1 fully saturated rings. The monoisotopic (exact) mass is 267 g/mol. The Labute approximate surface area is 100.0 Å². The highest BCUT2D eigenvalue weighted by molar-refractivity contribution is 7.13. The van der Waals surface area contributed by atoms with E-state index in [4.69, 9.17) is 10.5 Å². The second-order valence-corrected chi connectivity index (χ2v) is 4.98. The van der Waals surface area contributed by atoms with Gasteiger partial charge >= 0.3 is 6.18 Å². The molecule has 4 nitrogen and oxygen atoms in total. The van der Waals surface area contributed by atoms with Gasteiger partial charge in [-0.3, -0.25) is 0 Å². The summed E-state index contributed by atoms with van der Waals surface area (Å²) in [6.45, 7) is 0. The van der Waals surface area contributed by atoms with Crippen LogP contribution in [0.25, 0.3) is 0 Å². The minimum absolute atomic E-state index is 0.0311. The van der Waals surface area contributed by atoms with E-state index in [0.29, 0.717) is 17.8 Å². The number of nitrogens with zero attached hydrogens (tertiary/aromatic N) is 2. The summed E-state index contributed by atoms with van der Waals surface area (Å²) in [6.07, 6.45) is -1.29. The minimum Gasteiger partial charge on any atom is -0.466 e. The van der Waals surface area contributed by atoms with Crippen molar-refractivity contribution in [2.75, 3.05) is 0 Å². The van der Waals surface area contributed by atoms with Crippen LogP contribution in [0.1, 0.15) is 30.7 Å². The Morgan fingerprint density at radius 3 is 2.65 bits per heavy atom. The van der Waals surface area contributed by atoms with E-state index in [1.807, 2.05) is 0 Å². The van der Waals surface area contributed by atoms with Gasteiger partial charge in [0.25, 0.3) is 5.19 Å². The molecule has 0 saturated heterocycles. The Morgan fingerprint density at radius 2 is 2.06 bits per heavy atom. The molecule has 1 aliphatic rings. The van der Waals surface area contributed by atoms with Gasteiger partial charge in [0, 0.05) is 6.04 Å². The molecule has 2 N–H and O–H groups in total. The van der Waals surface area contributed by atoms with Crippen LogP contribution in [0.3, 0.4) is 0 Å². The predicted octanol–water partition coefficient (Wildman–Crippen LogP) is 2.21. The van der Waals surface area contributed by atoms with E-state index in [0.717, 1.165) is 19.3 Å². The highest BCUT2D eigenvalue weighted by Gasteiger charge is 2.36. The normalized spacial score (nSPS) is 25.9. The Balaban J connectivity index is 1.97. The third-order valence-corrected chi connectivity index (χ3v) is 3.44. The minimum atomic E-state index is -4.46. The highest BCUT2D eigenvalue weighted by Crippen LogP contribution is 2.35. The summed E-state index contributed by atoms with van der Waals surface area (Å²) in [4.78, 5) is 0. The van der Waals surface area contributed by atoms with Gasteiger partial charge in [-0.25, -0.2) is 0 Å². The lowest BCUT2D eigenvalue weighted by Gasteiger charge is -2.25. The van der Waals surface area contributed by atoms with E-state index >= 15 is 0 Å². The van der Waals surface area contributed by atoms with Crippen LogP contribution >= 0.6 is 11.3 Å². The molecule has 1 aromatic heterocycles. The van der Waals surface area contributed by atoms with Gasteiger partial charge < -0.3 is 10.5 Å². The van der Waals surface area contributed by atoms with Crippen molar-refractivity contribution >= 4 is 11.3 Å². The maximum absolute atomic E-state index is 12.3. The zero-order valence-electron chi connectivity index (χ0n) is 8.91. The second kappa shape index (κ2) is 4.77. The fraction of sp³-hybridized carbons (Fsp3) is 0.778. The summed E-state index contributed by atoms with van der Waals surface area (Å²) in [5.74, 6) is 0. The molecule has 0 spiro atoms. The van der Waals surface area contributed by atoms with Crippen LogP contribution in [0.5, 0.6) is 5.19 Å². The molecule has 0 amide bonds. The molecule has 0 bridgehead atoms. The molecule has 0 radical (unpaired) electrons.